The van der Waals surface area contributed by atoms with Gasteiger partial charge in [0.05, 0.1) is 4.90 Å². The van der Waals surface area contributed by atoms with Crippen LogP contribution in [0.4, 0.5) is 0 Å². The fourth-order valence-corrected chi connectivity index (χ4v) is 5.90. The largest absolute Gasteiger partial charge is 0.481 e. The summed E-state index contributed by atoms with van der Waals surface area (Å²) in [6.07, 6.45) is 10.00. The maximum atomic E-state index is 12.7. The van der Waals surface area contributed by atoms with Gasteiger partial charge in [0.15, 0.2) is 0 Å². The van der Waals surface area contributed by atoms with Crippen LogP contribution < -0.4 is 4.72 Å². The van der Waals surface area contributed by atoms with Crippen molar-refractivity contribution in [2.75, 3.05) is 0 Å². The zero-order valence-corrected chi connectivity index (χ0v) is 15.7. The van der Waals surface area contributed by atoms with Crippen LogP contribution in [0.1, 0.15) is 44.9 Å². The van der Waals surface area contributed by atoms with Gasteiger partial charge in [-0.2, -0.15) is 0 Å². The second kappa shape index (κ2) is 8.35. The van der Waals surface area contributed by atoms with Gasteiger partial charge in [-0.3, -0.25) is 4.79 Å². The molecule has 1 aromatic rings. The third kappa shape index (κ3) is 4.54. The third-order valence-corrected chi connectivity index (χ3v) is 7.24. The summed E-state index contributed by atoms with van der Waals surface area (Å²) in [4.78, 5) is 10.9. The Labute approximate surface area is 155 Å². The Morgan fingerprint density at radius 3 is 2.62 bits per heavy atom. The predicted molar refractivity (Wildman–Crippen MR) is 100 cm³/mol. The van der Waals surface area contributed by atoms with Gasteiger partial charge in [-0.05, 0) is 68.4 Å². The van der Waals surface area contributed by atoms with E-state index in [0.29, 0.717) is 29.1 Å². The molecule has 0 radical (unpaired) electrons. The monoisotopic (exact) mass is 377 g/mol. The Morgan fingerprint density at radius 2 is 1.88 bits per heavy atom. The average Bonchev–Trinajstić information content (AvgIpc) is 3.20. The number of carboxylic acids is 1. The first-order valence-corrected chi connectivity index (χ1v) is 10.9. The molecule has 2 N–H and O–H groups in total. The van der Waals surface area contributed by atoms with E-state index in [-0.39, 0.29) is 12.5 Å². The van der Waals surface area contributed by atoms with Crippen molar-refractivity contribution in [2.45, 2.75) is 55.9 Å². The third-order valence-electron chi connectivity index (χ3n) is 5.77. The topological polar surface area (TPSA) is 83.5 Å². The highest BCUT2D eigenvalue weighted by Crippen LogP contribution is 2.50. The number of rotatable bonds is 9. The lowest BCUT2D eigenvalue weighted by Crippen LogP contribution is -2.43. The lowest BCUT2D eigenvalue weighted by molar-refractivity contribution is -0.137. The Kier molecular flexibility index (Phi) is 6.14. The molecule has 2 fully saturated rings. The van der Waals surface area contributed by atoms with Gasteiger partial charge in [-0.1, -0.05) is 30.4 Å². The second-order valence-corrected chi connectivity index (χ2v) is 9.16. The fraction of sp³-hybridized carbons (Fsp3) is 0.550. The molecule has 5 nitrogen and oxygen atoms in total. The maximum Gasteiger partial charge on any atom is 0.303 e. The Balaban J connectivity index is 1.60. The summed E-state index contributed by atoms with van der Waals surface area (Å²) in [5.41, 5.74) is 0. The van der Waals surface area contributed by atoms with Gasteiger partial charge in [0.25, 0.3) is 0 Å². The number of fused-ring (bicyclic) bond motifs is 2. The van der Waals surface area contributed by atoms with Gasteiger partial charge >= 0.3 is 5.97 Å². The number of unbranched alkanes of at least 4 members (excludes halogenated alkanes) is 1. The van der Waals surface area contributed by atoms with E-state index in [1.54, 1.807) is 24.3 Å². The summed E-state index contributed by atoms with van der Waals surface area (Å²) in [6, 6.07) is 8.57. The molecule has 0 heterocycles. The number of nitrogens with one attached hydrogen (secondary N) is 1. The lowest BCUT2D eigenvalue weighted by Gasteiger charge is -2.31. The molecule has 2 saturated carbocycles. The van der Waals surface area contributed by atoms with Crippen LogP contribution in [0.2, 0.25) is 0 Å². The molecule has 1 aromatic carbocycles. The number of aliphatic carboxylic acids is 1. The van der Waals surface area contributed by atoms with Crippen molar-refractivity contribution in [3.05, 3.63) is 42.5 Å². The van der Waals surface area contributed by atoms with E-state index in [1.807, 2.05) is 12.1 Å². The molecule has 142 valence electrons. The van der Waals surface area contributed by atoms with E-state index >= 15 is 0 Å². The summed E-state index contributed by atoms with van der Waals surface area (Å²) in [5.74, 6) is 0.598. The predicted octanol–water partition coefficient (Wildman–Crippen LogP) is 3.58. The fourth-order valence-electron chi connectivity index (χ4n) is 4.52. The van der Waals surface area contributed by atoms with Crippen LogP contribution in [-0.4, -0.2) is 25.5 Å². The molecule has 6 heteroatoms. The van der Waals surface area contributed by atoms with Crippen LogP contribution in [0.5, 0.6) is 0 Å². The number of carbonyl (C=O) groups is 1. The molecule has 0 aliphatic heterocycles. The van der Waals surface area contributed by atoms with Crippen LogP contribution in [0.25, 0.3) is 0 Å². The van der Waals surface area contributed by atoms with Gasteiger partial charge in [0, 0.05) is 12.5 Å². The number of allylic oxidation sites excluding steroid dienone is 2. The zero-order chi connectivity index (χ0) is 18.6. The van der Waals surface area contributed by atoms with Gasteiger partial charge in [-0.15, -0.1) is 0 Å². The van der Waals surface area contributed by atoms with Gasteiger partial charge in [0.1, 0.15) is 0 Å². The summed E-state index contributed by atoms with van der Waals surface area (Å²) >= 11 is 0. The smallest absolute Gasteiger partial charge is 0.303 e. The summed E-state index contributed by atoms with van der Waals surface area (Å²) in [6.45, 7) is 0. The van der Waals surface area contributed by atoms with Gasteiger partial charge < -0.3 is 5.11 Å². The Hall–Kier alpha value is -1.66. The van der Waals surface area contributed by atoms with E-state index in [1.165, 1.54) is 6.42 Å². The first-order valence-electron chi connectivity index (χ1n) is 9.41. The van der Waals surface area contributed by atoms with E-state index in [0.717, 1.165) is 25.7 Å². The molecule has 3 rings (SSSR count). The highest BCUT2D eigenvalue weighted by Gasteiger charge is 2.48. The van der Waals surface area contributed by atoms with Crippen LogP contribution in [0.3, 0.4) is 0 Å². The molecule has 26 heavy (non-hydrogen) atoms. The Morgan fingerprint density at radius 1 is 1.15 bits per heavy atom. The molecule has 0 saturated heterocycles. The molecule has 0 spiro atoms. The first-order chi connectivity index (χ1) is 12.5. The van der Waals surface area contributed by atoms with Gasteiger partial charge in [0.2, 0.25) is 10.0 Å². The molecule has 0 aromatic heterocycles. The molecular formula is C20H27NO4S. The van der Waals surface area contributed by atoms with Crippen molar-refractivity contribution in [3.8, 4) is 0 Å². The number of sulfonamides is 1. The number of benzene rings is 1. The number of hydrogen-bond acceptors (Lipinski definition) is 3. The maximum absolute atomic E-state index is 12.7. The quantitative estimate of drug-likeness (QED) is 0.509. The minimum Gasteiger partial charge on any atom is -0.481 e. The van der Waals surface area contributed by atoms with E-state index < -0.39 is 16.0 Å². The van der Waals surface area contributed by atoms with Crippen molar-refractivity contribution in [1.29, 1.82) is 0 Å². The summed E-state index contributed by atoms with van der Waals surface area (Å²) in [7, 11) is -3.49. The average molecular weight is 378 g/mol. The van der Waals surface area contributed by atoms with Crippen molar-refractivity contribution in [2.24, 2.45) is 17.8 Å². The highest BCUT2D eigenvalue weighted by molar-refractivity contribution is 7.89. The molecule has 2 bridgehead atoms. The second-order valence-electron chi connectivity index (χ2n) is 7.45. The van der Waals surface area contributed by atoms with Crippen molar-refractivity contribution < 1.29 is 18.3 Å². The standard InChI is InChI=1S/C20H27NO4S/c22-19(23)11-7-2-1-6-10-18-15-12-13-16(14-15)20(18)21-26(24,25)17-8-4-3-5-9-17/h1,3-6,8-9,15-16,18,20-21H,2,7,10-14H2,(H,22,23)/b6-1+/t15-,16+,18+,20-/m1/s1. The Bertz CT molecular complexity index is 744. The molecule has 4 atom stereocenters. The van der Waals surface area contributed by atoms with E-state index in [4.69, 9.17) is 5.11 Å². The summed E-state index contributed by atoms with van der Waals surface area (Å²) < 4.78 is 28.4. The van der Waals surface area contributed by atoms with Crippen LogP contribution in [-0.2, 0) is 14.8 Å². The molecule has 0 amide bonds. The summed E-state index contributed by atoms with van der Waals surface area (Å²) in [5, 5.41) is 8.66. The number of hydrogen-bond donors (Lipinski definition) is 2. The zero-order valence-electron chi connectivity index (χ0n) is 14.9. The SMILES string of the molecule is O=C(O)CCC/C=C/C[C@H]1[C@@H]2CC[C@@H](C2)[C@H]1NS(=O)(=O)c1ccccc1. The molecule has 0 unspecified atom stereocenters. The number of carboxylic acid groups (broad SMARTS) is 1. The molecule has 2 aliphatic rings. The van der Waals surface area contributed by atoms with Crippen LogP contribution in [0.15, 0.2) is 47.4 Å². The van der Waals surface area contributed by atoms with Crippen molar-refractivity contribution in [1.82, 2.24) is 4.72 Å². The first kappa shape index (κ1) is 19.1. The highest BCUT2D eigenvalue weighted by atomic mass is 32.2. The molecular weight excluding hydrogens is 350 g/mol. The normalized spacial score (nSPS) is 28.0. The van der Waals surface area contributed by atoms with Crippen molar-refractivity contribution in [3.63, 3.8) is 0 Å². The minimum atomic E-state index is -3.49. The van der Waals surface area contributed by atoms with Gasteiger partial charge in [-0.25, -0.2) is 13.1 Å². The van der Waals surface area contributed by atoms with Crippen LogP contribution in [0, 0.1) is 17.8 Å². The minimum absolute atomic E-state index is 0.00243. The lowest BCUT2D eigenvalue weighted by atomic mass is 9.83. The van der Waals surface area contributed by atoms with E-state index in [9.17, 15) is 13.2 Å². The van der Waals surface area contributed by atoms with Crippen molar-refractivity contribution >= 4 is 16.0 Å². The molecule has 2 aliphatic carbocycles. The van der Waals surface area contributed by atoms with Crippen LogP contribution >= 0.6 is 0 Å². The van der Waals surface area contributed by atoms with E-state index in [2.05, 4.69) is 10.8 Å².